The Balaban J connectivity index is 2.52. The first-order chi connectivity index (χ1) is 9.06. The van der Waals surface area contributed by atoms with E-state index in [9.17, 15) is 0 Å². The number of nitrogen functional groups attached to an aromatic ring is 1. The van der Waals surface area contributed by atoms with Crippen LogP contribution in [0, 0.1) is 19.3 Å². The fourth-order valence-electron chi connectivity index (χ4n) is 1.78. The lowest BCUT2D eigenvalue weighted by molar-refractivity contribution is 0.0542. The van der Waals surface area contributed by atoms with Gasteiger partial charge in [0.1, 0.15) is 18.2 Å². The Morgan fingerprint density at radius 3 is 2.21 bits per heavy atom. The quantitative estimate of drug-likeness (QED) is 0.426. The number of hydrogen-bond acceptors (Lipinski definition) is 4. The third kappa shape index (κ3) is 4.89. The van der Waals surface area contributed by atoms with E-state index in [1.54, 1.807) is 7.11 Å². The van der Waals surface area contributed by atoms with Gasteiger partial charge in [0, 0.05) is 12.7 Å². The number of nitrogens with two attached hydrogens (primary N) is 1. The molecule has 0 fully saturated rings. The molecule has 5 heteroatoms. The molecule has 0 aliphatic carbocycles. The summed E-state index contributed by atoms with van der Waals surface area (Å²) < 4.78 is 15.9. The van der Waals surface area contributed by atoms with Crippen LogP contribution in [0.2, 0.25) is 0 Å². The molecule has 0 aliphatic rings. The smallest absolute Gasteiger partial charge is 0.125 e. The van der Waals surface area contributed by atoms with Crippen LogP contribution in [0.5, 0.6) is 5.75 Å². The summed E-state index contributed by atoms with van der Waals surface area (Å²) in [6.45, 7) is 6.06. The minimum absolute atomic E-state index is 0.0700. The maximum Gasteiger partial charge on any atom is 0.125 e. The van der Waals surface area contributed by atoms with Gasteiger partial charge in [-0.3, -0.25) is 5.41 Å². The molecule has 1 aromatic rings. The van der Waals surface area contributed by atoms with E-state index in [0.717, 1.165) is 22.4 Å². The van der Waals surface area contributed by atoms with Crippen LogP contribution < -0.4 is 10.5 Å². The van der Waals surface area contributed by atoms with Gasteiger partial charge in [0.25, 0.3) is 0 Å². The Kier molecular flexibility index (Phi) is 6.32. The van der Waals surface area contributed by atoms with Gasteiger partial charge in [0.15, 0.2) is 0 Å². The lowest BCUT2D eigenvalue weighted by Crippen LogP contribution is -2.13. The van der Waals surface area contributed by atoms with Crippen LogP contribution >= 0.6 is 0 Å². The lowest BCUT2D eigenvalue weighted by atomic mass is 10.1. The minimum Gasteiger partial charge on any atom is -0.491 e. The van der Waals surface area contributed by atoms with Crippen LogP contribution in [0.3, 0.4) is 0 Å². The predicted molar refractivity (Wildman–Crippen MR) is 75.1 cm³/mol. The van der Waals surface area contributed by atoms with Gasteiger partial charge in [-0.25, -0.2) is 0 Å². The average Bonchev–Trinajstić information content (AvgIpc) is 2.35. The van der Waals surface area contributed by atoms with Crippen molar-refractivity contribution in [1.82, 2.24) is 0 Å². The first kappa shape index (κ1) is 15.5. The molecular weight excluding hydrogens is 244 g/mol. The SMILES string of the molecule is COCCOCCOc1c(C)cc(C(=N)N)cc1C. The molecule has 5 nitrogen and oxygen atoms in total. The van der Waals surface area contributed by atoms with E-state index in [0.29, 0.717) is 26.4 Å². The zero-order chi connectivity index (χ0) is 14.3. The molecule has 106 valence electrons. The Morgan fingerprint density at radius 2 is 1.68 bits per heavy atom. The number of benzene rings is 1. The Hall–Kier alpha value is -1.59. The second kappa shape index (κ2) is 7.76. The molecule has 0 radical (unpaired) electrons. The third-order valence-electron chi connectivity index (χ3n) is 2.68. The predicted octanol–water partition coefficient (Wildman–Crippen LogP) is 1.63. The summed E-state index contributed by atoms with van der Waals surface area (Å²) in [5.74, 6) is 0.904. The molecule has 1 rings (SSSR count). The first-order valence-corrected chi connectivity index (χ1v) is 6.21. The first-order valence-electron chi connectivity index (χ1n) is 6.21. The van der Waals surface area contributed by atoms with Crippen LogP contribution in [0.25, 0.3) is 0 Å². The van der Waals surface area contributed by atoms with Crippen LogP contribution in [-0.4, -0.2) is 39.4 Å². The molecule has 0 aliphatic heterocycles. The topological polar surface area (TPSA) is 77.6 Å². The van der Waals surface area contributed by atoms with E-state index in [-0.39, 0.29) is 5.84 Å². The Labute approximate surface area is 114 Å². The van der Waals surface area contributed by atoms with Gasteiger partial charge in [-0.2, -0.15) is 0 Å². The van der Waals surface area contributed by atoms with E-state index < -0.39 is 0 Å². The maximum atomic E-state index is 7.44. The number of methoxy groups -OCH3 is 1. The zero-order valence-electron chi connectivity index (χ0n) is 11.8. The van der Waals surface area contributed by atoms with Crippen LogP contribution in [-0.2, 0) is 9.47 Å². The van der Waals surface area contributed by atoms with Crippen LogP contribution in [0.4, 0.5) is 0 Å². The van der Waals surface area contributed by atoms with Crippen molar-refractivity contribution in [1.29, 1.82) is 5.41 Å². The highest BCUT2D eigenvalue weighted by atomic mass is 16.5. The number of aryl methyl sites for hydroxylation is 2. The standard InChI is InChI=1S/C14H22N2O3/c1-10-8-12(14(15)16)9-11(2)13(10)19-7-6-18-5-4-17-3/h8-9H,4-7H2,1-3H3,(H3,15,16). The second-order valence-electron chi connectivity index (χ2n) is 4.31. The van der Waals surface area contributed by atoms with Gasteiger partial charge >= 0.3 is 0 Å². The largest absolute Gasteiger partial charge is 0.491 e. The van der Waals surface area contributed by atoms with Crippen molar-refractivity contribution < 1.29 is 14.2 Å². The van der Waals surface area contributed by atoms with Gasteiger partial charge in [-0.1, -0.05) is 0 Å². The van der Waals surface area contributed by atoms with Gasteiger partial charge < -0.3 is 19.9 Å². The molecule has 0 amide bonds. The van der Waals surface area contributed by atoms with Crippen molar-refractivity contribution in [2.45, 2.75) is 13.8 Å². The molecule has 0 heterocycles. The van der Waals surface area contributed by atoms with Crippen LogP contribution in [0.1, 0.15) is 16.7 Å². The van der Waals surface area contributed by atoms with Gasteiger partial charge in [-0.15, -0.1) is 0 Å². The monoisotopic (exact) mass is 266 g/mol. The molecule has 0 aromatic heterocycles. The summed E-state index contributed by atoms with van der Waals surface area (Å²) in [6.07, 6.45) is 0. The fourth-order valence-corrected chi connectivity index (χ4v) is 1.78. The number of ether oxygens (including phenoxy) is 3. The zero-order valence-corrected chi connectivity index (χ0v) is 11.8. The molecule has 0 saturated heterocycles. The summed E-state index contributed by atoms with van der Waals surface area (Å²) in [6, 6.07) is 3.72. The Morgan fingerprint density at radius 1 is 1.11 bits per heavy atom. The molecule has 0 bridgehead atoms. The molecule has 3 N–H and O–H groups in total. The van der Waals surface area contributed by atoms with Crippen molar-refractivity contribution in [2.24, 2.45) is 5.73 Å². The second-order valence-corrected chi connectivity index (χ2v) is 4.31. The highest BCUT2D eigenvalue weighted by Crippen LogP contribution is 2.24. The molecule has 0 saturated carbocycles. The summed E-state index contributed by atoms with van der Waals surface area (Å²) in [4.78, 5) is 0. The van der Waals surface area contributed by atoms with Crippen LogP contribution in [0.15, 0.2) is 12.1 Å². The summed E-state index contributed by atoms with van der Waals surface area (Å²) in [5, 5.41) is 7.44. The number of hydrogen-bond donors (Lipinski definition) is 2. The van der Waals surface area contributed by atoms with Crippen molar-refractivity contribution in [3.63, 3.8) is 0 Å². The lowest BCUT2D eigenvalue weighted by Gasteiger charge is -2.14. The van der Waals surface area contributed by atoms with E-state index in [4.69, 9.17) is 25.4 Å². The van der Waals surface area contributed by atoms with Crippen molar-refractivity contribution in [2.75, 3.05) is 33.5 Å². The van der Waals surface area contributed by atoms with Crippen molar-refractivity contribution in [3.05, 3.63) is 28.8 Å². The molecule has 0 unspecified atom stereocenters. The number of amidine groups is 1. The van der Waals surface area contributed by atoms with E-state index >= 15 is 0 Å². The van der Waals surface area contributed by atoms with E-state index in [1.807, 2.05) is 26.0 Å². The molecule has 0 atom stereocenters. The van der Waals surface area contributed by atoms with Gasteiger partial charge in [0.2, 0.25) is 0 Å². The number of nitrogens with one attached hydrogen (secondary N) is 1. The molecule has 19 heavy (non-hydrogen) atoms. The normalized spacial score (nSPS) is 10.5. The fraction of sp³-hybridized carbons (Fsp3) is 0.500. The maximum absolute atomic E-state index is 7.44. The third-order valence-corrected chi connectivity index (χ3v) is 2.68. The molecule has 0 spiro atoms. The summed E-state index contributed by atoms with van der Waals surface area (Å²) in [5.41, 5.74) is 8.15. The van der Waals surface area contributed by atoms with Gasteiger partial charge in [0.05, 0.1) is 19.8 Å². The summed E-state index contributed by atoms with van der Waals surface area (Å²) in [7, 11) is 1.64. The molecular formula is C14H22N2O3. The minimum atomic E-state index is 0.0700. The highest BCUT2D eigenvalue weighted by Gasteiger charge is 2.07. The van der Waals surface area contributed by atoms with Crippen molar-refractivity contribution >= 4 is 5.84 Å². The van der Waals surface area contributed by atoms with Crippen molar-refractivity contribution in [3.8, 4) is 5.75 Å². The van der Waals surface area contributed by atoms with E-state index in [2.05, 4.69) is 0 Å². The van der Waals surface area contributed by atoms with Gasteiger partial charge in [-0.05, 0) is 37.1 Å². The van der Waals surface area contributed by atoms with E-state index in [1.165, 1.54) is 0 Å². The highest BCUT2D eigenvalue weighted by molar-refractivity contribution is 5.95. The summed E-state index contributed by atoms with van der Waals surface area (Å²) >= 11 is 0. The average molecular weight is 266 g/mol. The molecule has 1 aromatic carbocycles. The Bertz CT molecular complexity index is 410. The number of rotatable bonds is 8.